The van der Waals surface area contributed by atoms with Crippen LogP contribution in [0.15, 0.2) is 47.6 Å². The molecule has 0 saturated heterocycles. The number of para-hydroxylation sites is 1. The van der Waals surface area contributed by atoms with Gasteiger partial charge in [0.2, 0.25) is 0 Å². The molecule has 0 radical (unpaired) electrons. The zero-order valence-electron chi connectivity index (χ0n) is 13.7. The summed E-state index contributed by atoms with van der Waals surface area (Å²) in [5.74, 6) is 0. The van der Waals surface area contributed by atoms with Gasteiger partial charge in [0.25, 0.3) is 5.69 Å². The summed E-state index contributed by atoms with van der Waals surface area (Å²) in [5, 5.41) is 18.4. The molecule has 0 aromatic heterocycles. The minimum Gasteiger partial charge on any atom is -0.331 e. The predicted molar refractivity (Wildman–Crippen MR) is 101 cm³/mol. The van der Waals surface area contributed by atoms with Gasteiger partial charge in [-0.2, -0.15) is 5.10 Å². The van der Waals surface area contributed by atoms with E-state index in [0.29, 0.717) is 10.8 Å². The molecule has 2 rings (SSSR count). The first-order valence-electron chi connectivity index (χ1n) is 7.31. The third-order valence-corrected chi connectivity index (χ3v) is 3.73. The van der Waals surface area contributed by atoms with Crippen molar-refractivity contribution < 1.29 is 4.92 Å². The third-order valence-electron chi connectivity index (χ3n) is 3.54. The molecule has 24 heavy (non-hydrogen) atoms. The highest BCUT2D eigenvalue weighted by Crippen LogP contribution is 2.19. The van der Waals surface area contributed by atoms with Gasteiger partial charge in [-0.3, -0.25) is 15.5 Å². The summed E-state index contributed by atoms with van der Waals surface area (Å²) in [6, 6.07) is 12.2. The molecular weight excluding hydrogens is 324 g/mol. The lowest BCUT2D eigenvalue weighted by atomic mass is 10.1. The molecule has 0 spiro atoms. The highest BCUT2D eigenvalue weighted by Gasteiger charge is 2.06. The molecule has 0 unspecified atom stereocenters. The van der Waals surface area contributed by atoms with Crippen molar-refractivity contribution in [1.29, 1.82) is 0 Å². The Morgan fingerprint density at radius 2 is 1.71 bits per heavy atom. The van der Waals surface area contributed by atoms with Crippen molar-refractivity contribution in [2.75, 3.05) is 5.32 Å². The van der Waals surface area contributed by atoms with E-state index in [0.717, 1.165) is 22.4 Å². The molecule has 124 valence electrons. The first kappa shape index (κ1) is 17.6. The lowest BCUT2D eigenvalue weighted by Gasteiger charge is -2.13. The summed E-state index contributed by atoms with van der Waals surface area (Å²) < 4.78 is 0. The van der Waals surface area contributed by atoms with Crippen LogP contribution in [0.2, 0.25) is 0 Å². The third kappa shape index (κ3) is 4.36. The number of hydrogen-bond acceptors (Lipinski definition) is 4. The second-order valence-electron chi connectivity index (χ2n) is 5.33. The molecule has 0 atom stereocenters. The second kappa shape index (κ2) is 7.65. The standard InChI is InChI=1S/C17H18N4O2S/c1-11-5-4-6-12(2)16(11)18-17(24)20-19-13(3)14-7-9-15(10-8-14)21(22)23/h4-10H,1-3H3,(H2,18,20,24)/b19-13-. The molecule has 0 aliphatic carbocycles. The maximum atomic E-state index is 10.7. The first-order valence-corrected chi connectivity index (χ1v) is 7.71. The van der Waals surface area contributed by atoms with Crippen molar-refractivity contribution in [2.45, 2.75) is 20.8 Å². The molecule has 2 aromatic carbocycles. The second-order valence-corrected chi connectivity index (χ2v) is 5.74. The minimum absolute atomic E-state index is 0.0479. The van der Waals surface area contributed by atoms with Crippen LogP contribution in [-0.2, 0) is 0 Å². The SMILES string of the molecule is C/C(=N/NC(=S)Nc1c(C)cccc1C)c1ccc([N+](=O)[O-])cc1. The van der Waals surface area contributed by atoms with Gasteiger partial charge in [-0.15, -0.1) is 0 Å². The van der Waals surface area contributed by atoms with Gasteiger partial charge in [-0.05, 0) is 61.8 Å². The summed E-state index contributed by atoms with van der Waals surface area (Å²) in [6.07, 6.45) is 0. The summed E-state index contributed by atoms with van der Waals surface area (Å²) >= 11 is 5.26. The molecule has 0 bridgehead atoms. The number of aryl methyl sites for hydroxylation is 2. The van der Waals surface area contributed by atoms with E-state index in [1.54, 1.807) is 19.1 Å². The van der Waals surface area contributed by atoms with Crippen molar-refractivity contribution in [2.24, 2.45) is 5.10 Å². The van der Waals surface area contributed by atoms with E-state index in [-0.39, 0.29) is 5.69 Å². The molecule has 2 N–H and O–H groups in total. The van der Waals surface area contributed by atoms with Gasteiger partial charge in [-0.1, -0.05) is 18.2 Å². The quantitative estimate of drug-likeness (QED) is 0.381. The number of hydrogen-bond donors (Lipinski definition) is 2. The number of anilines is 1. The van der Waals surface area contributed by atoms with Crippen LogP contribution in [0.5, 0.6) is 0 Å². The van der Waals surface area contributed by atoms with Crippen molar-refractivity contribution in [3.63, 3.8) is 0 Å². The molecule has 0 saturated carbocycles. The molecule has 6 nitrogen and oxygen atoms in total. The Hall–Kier alpha value is -2.80. The van der Waals surface area contributed by atoms with E-state index < -0.39 is 4.92 Å². The zero-order chi connectivity index (χ0) is 17.7. The van der Waals surface area contributed by atoms with Gasteiger partial charge < -0.3 is 5.32 Å². The van der Waals surface area contributed by atoms with Crippen LogP contribution in [0.1, 0.15) is 23.6 Å². The van der Waals surface area contributed by atoms with Gasteiger partial charge in [0, 0.05) is 17.8 Å². The Morgan fingerprint density at radius 1 is 1.12 bits per heavy atom. The largest absolute Gasteiger partial charge is 0.331 e. The smallest absolute Gasteiger partial charge is 0.269 e. The average molecular weight is 342 g/mol. The number of hydrazone groups is 1. The number of thiocarbonyl (C=S) groups is 1. The Balaban J connectivity index is 2.04. The number of nitro groups is 1. The van der Waals surface area contributed by atoms with Crippen LogP contribution in [0, 0.1) is 24.0 Å². The summed E-state index contributed by atoms with van der Waals surface area (Å²) in [4.78, 5) is 10.2. The Kier molecular flexibility index (Phi) is 5.59. The predicted octanol–water partition coefficient (Wildman–Crippen LogP) is 3.92. The molecule has 2 aromatic rings. The van der Waals surface area contributed by atoms with E-state index in [2.05, 4.69) is 15.8 Å². The van der Waals surface area contributed by atoms with Gasteiger partial charge in [0.15, 0.2) is 5.11 Å². The van der Waals surface area contributed by atoms with E-state index in [4.69, 9.17) is 12.2 Å². The van der Waals surface area contributed by atoms with E-state index >= 15 is 0 Å². The normalized spacial score (nSPS) is 11.0. The van der Waals surface area contributed by atoms with Crippen LogP contribution < -0.4 is 10.7 Å². The van der Waals surface area contributed by atoms with E-state index in [1.165, 1.54) is 12.1 Å². The average Bonchev–Trinajstić information content (AvgIpc) is 2.56. The van der Waals surface area contributed by atoms with Crippen LogP contribution in [0.25, 0.3) is 0 Å². The van der Waals surface area contributed by atoms with Crippen molar-refractivity contribution >= 4 is 34.4 Å². The van der Waals surface area contributed by atoms with Crippen molar-refractivity contribution in [1.82, 2.24) is 5.43 Å². The molecular formula is C17H18N4O2S. The summed E-state index contributed by atoms with van der Waals surface area (Å²) in [6.45, 7) is 5.81. The molecule has 0 aliphatic heterocycles. The van der Waals surface area contributed by atoms with Gasteiger partial charge in [0.1, 0.15) is 0 Å². The van der Waals surface area contributed by atoms with E-state index in [1.807, 2.05) is 32.0 Å². The number of rotatable bonds is 4. The molecule has 7 heteroatoms. The fourth-order valence-corrected chi connectivity index (χ4v) is 2.32. The monoisotopic (exact) mass is 342 g/mol. The van der Waals surface area contributed by atoms with Crippen LogP contribution in [-0.4, -0.2) is 15.7 Å². The van der Waals surface area contributed by atoms with Crippen LogP contribution in [0.4, 0.5) is 11.4 Å². The number of benzene rings is 2. The Labute approximate surface area is 145 Å². The highest BCUT2D eigenvalue weighted by molar-refractivity contribution is 7.80. The van der Waals surface area contributed by atoms with Crippen molar-refractivity contribution in [3.05, 3.63) is 69.3 Å². The zero-order valence-corrected chi connectivity index (χ0v) is 14.5. The molecule has 0 aliphatic rings. The number of nitrogens with one attached hydrogen (secondary N) is 2. The van der Waals surface area contributed by atoms with E-state index in [9.17, 15) is 10.1 Å². The number of non-ortho nitro benzene ring substituents is 1. The first-order chi connectivity index (χ1) is 11.4. The topological polar surface area (TPSA) is 79.6 Å². The summed E-state index contributed by atoms with van der Waals surface area (Å²) in [7, 11) is 0. The minimum atomic E-state index is -0.432. The fourth-order valence-electron chi connectivity index (χ4n) is 2.18. The van der Waals surface area contributed by atoms with Crippen LogP contribution in [0.3, 0.4) is 0 Å². The maximum absolute atomic E-state index is 10.7. The highest BCUT2D eigenvalue weighted by atomic mass is 32.1. The molecule has 0 amide bonds. The number of nitrogens with zero attached hydrogens (tertiary/aromatic N) is 2. The lowest BCUT2D eigenvalue weighted by molar-refractivity contribution is -0.384. The van der Waals surface area contributed by atoms with Gasteiger partial charge >= 0.3 is 0 Å². The van der Waals surface area contributed by atoms with Gasteiger partial charge in [0.05, 0.1) is 10.6 Å². The molecule has 0 heterocycles. The molecule has 0 fully saturated rings. The fraction of sp³-hybridized carbons (Fsp3) is 0.176. The summed E-state index contributed by atoms with van der Waals surface area (Å²) in [5.41, 5.74) is 7.44. The lowest BCUT2D eigenvalue weighted by Crippen LogP contribution is -2.25. The van der Waals surface area contributed by atoms with Crippen molar-refractivity contribution in [3.8, 4) is 0 Å². The Bertz CT molecular complexity index is 780. The number of nitro benzene ring substituents is 1. The van der Waals surface area contributed by atoms with Gasteiger partial charge in [-0.25, -0.2) is 0 Å². The maximum Gasteiger partial charge on any atom is 0.269 e. The van der Waals surface area contributed by atoms with Crippen LogP contribution >= 0.6 is 12.2 Å². The Morgan fingerprint density at radius 3 is 2.25 bits per heavy atom.